The Labute approximate surface area is 104 Å². The van der Waals surface area contributed by atoms with Gasteiger partial charge in [0.25, 0.3) is 5.91 Å². The molecule has 0 radical (unpaired) electrons. The second-order valence-corrected chi connectivity index (χ2v) is 3.80. The zero-order valence-electron chi connectivity index (χ0n) is 10.2. The van der Waals surface area contributed by atoms with Crippen molar-refractivity contribution in [3.05, 3.63) is 35.7 Å². The van der Waals surface area contributed by atoms with E-state index in [0.717, 1.165) is 0 Å². The van der Waals surface area contributed by atoms with Gasteiger partial charge in [0.15, 0.2) is 5.69 Å². The van der Waals surface area contributed by atoms with Crippen molar-refractivity contribution >= 4 is 17.3 Å². The van der Waals surface area contributed by atoms with Crippen molar-refractivity contribution in [2.24, 2.45) is 0 Å². The number of nitrogens with zero attached hydrogens (tertiary/aromatic N) is 1. The van der Waals surface area contributed by atoms with E-state index in [1.165, 1.54) is 0 Å². The van der Waals surface area contributed by atoms with E-state index in [1.807, 2.05) is 0 Å². The highest BCUT2D eigenvalue weighted by Crippen LogP contribution is 2.19. The lowest BCUT2D eigenvalue weighted by Crippen LogP contribution is -2.14. The summed E-state index contributed by atoms with van der Waals surface area (Å²) in [5.74, 6) is 0.309. The summed E-state index contributed by atoms with van der Waals surface area (Å²) in [6.45, 7) is 1.75. The summed E-state index contributed by atoms with van der Waals surface area (Å²) >= 11 is 0. The predicted octanol–water partition coefficient (Wildman–Crippen LogP) is 1.56. The number of carbonyl (C=O) groups is 1. The molecule has 6 nitrogen and oxygen atoms in total. The number of methoxy groups -OCH3 is 1. The van der Waals surface area contributed by atoms with Crippen molar-refractivity contribution in [1.82, 2.24) is 10.2 Å². The van der Waals surface area contributed by atoms with Gasteiger partial charge >= 0.3 is 0 Å². The molecule has 18 heavy (non-hydrogen) atoms. The predicted molar refractivity (Wildman–Crippen MR) is 68.7 cm³/mol. The first kappa shape index (κ1) is 12.0. The number of aromatic nitrogens is 2. The summed E-state index contributed by atoms with van der Waals surface area (Å²) in [5, 5.41) is 9.23. The number of H-pyrrole nitrogens is 1. The largest absolute Gasteiger partial charge is 0.497 e. The number of aryl methyl sites for hydroxylation is 1. The van der Waals surface area contributed by atoms with E-state index < -0.39 is 0 Å². The van der Waals surface area contributed by atoms with Gasteiger partial charge in [-0.2, -0.15) is 5.10 Å². The molecule has 0 spiro atoms. The maximum atomic E-state index is 11.9. The number of benzene rings is 1. The number of nitrogens with two attached hydrogens (primary N) is 1. The van der Waals surface area contributed by atoms with E-state index in [0.29, 0.717) is 22.8 Å². The molecule has 0 fully saturated rings. The Balaban J connectivity index is 2.18. The Hall–Kier alpha value is -2.50. The van der Waals surface area contributed by atoms with Gasteiger partial charge in [-0.1, -0.05) is 6.07 Å². The zero-order valence-corrected chi connectivity index (χ0v) is 10.2. The molecule has 4 N–H and O–H groups in total. The normalized spacial score (nSPS) is 10.1. The molecule has 6 heteroatoms. The molecule has 0 unspecified atom stereocenters. The van der Waals surface area contributed by atoms with Crippen molar-refractivity contribution in [3.63, 3.8) is 0 Å². The van der Waals surface area contributed by atoms with Crippen LogP contribution in [0.25, 0.3) is 0 Å². The number of aromatic amines is 1. The first-order valence-electron chi connectivity index (χ1n) is 5.37. The highest BCUT2D eigenvalue weighted by atomic mass is 16.5. The molecule has 2 aromatic rings. The van der Waals surface area contributed by atoms with Crippen molar-refractivity contribution in [1.29, 1.82) is 0 Å². The van der Waals surface area contributed by atoms with Crippen LogP contribution in [0.5, 0.6) is 5.75 Å². The Morgan fingerprint density at radius 2 is 2.28 bits per heavy atom. The molecule has 0 atom stereocenters. The van der Waals surface area contributed by atoms with Gasteiger partial charge in [0.1, 0.15) is 5.75 Å². The average molecular weight is 246 g/mol. The number of rotatable bonds is 3. The second kappa shape index (κ2) is 4.79. The van der Waals surface area contributed by atoms with Crippen LogP contribution in [0.15, 0.2) is 24.3 Å². The molecule has 94 valence electrons. The molecule has 0 aliphatic heterocycles. The fraction of sp³-hybridized carbons (Fsp3) is 0.167. The van der Waals surface area contributed by atoms with Gasteiger partial charge in [-0.05, 0) is 19.1 Å². The van der Waals surface area contributed by atoms with Crippen LogP contribution in [0, 0.1) is 6.92 Å². The average Bonchev–Trinajstić information content (AvgIpc) is 2.70. The lowest BCUT2D eigenvalue weighted by Gasteiger charge is -2.05. The number of carbonyl (C=O) groups excluding carboxylic acids is 1. The molecular weight excluding hydrogens is 232 g/mol. The standard InChI is InChI=1S/C12H14N4O2/c1-7-10(13)11(16-15-7)12(17)14-8-4-3-5-9(6-8)18-2/h3-6H,13H2,1-2H3,(H,14,17)(H,15,16). The van der Waals surface area contributed by atoms with Gasteiger partial charge in [-0.25, -0.2) is 0 Å². The van der Waals surface area contributed by atoms with Crippen LogP contribution in [0.4, 0.5) is 11.4 Å². The molecule has 0 saturated carbocycles. The molecule has 1 aromatic heterocycles. The molecule has 1 aromatic carbocycles. The molecule has 0 aliphatic rings. The summed E-state index contributed by atoms with van der Waals surface area (Å²) in [6.07, 6.45) is 0. The van der Waals surface area contributed by atoms with Crippen molar-refractivity contribution in [3.8, 4) is 5.75 Å². The minimum Gasteiger partial charge on any atom is -0.497 e. The molecule has 1 amide bonds. The van der Waals surface area contributed by atoms with Gasteiger partial charge in [0, 0.05) is 11.8 Å². The summed E-state index contributed by atoms with van der Waals surface area (Å²) in [4.78, 5) is 11.9. The third-order valence-corrected chi connectivity index (χ3v) is 2.54. The quantitative estimate of drug-likeness (QED) is 0.766. The monoisotopic (exact) mass is 246 g/mol. The summed E-state index contributed by atoms with van der Waals surface area (Å²) in [7, 11) is 1.57. The van der Waals surface area contributed by atoms with Gasteiger partial charge in [-0.3, -0.25) is 9.89 Å². The first-order chi connectivity index (χ1) is 8.61. The highest BCUT2D eigenvalue weighted by molar-refractivity contribution is 6.06. The SMILES string of the molecule is COc1cccc(NC(=O)c2n[nH]c(C)c2N)c1. The van der Waals surface area contributed by atoms with E-state index >= 15 is 0 Å². The number of amides is 1. The Morgan fingerprint density at radius 3 is 2.89 bits per heavy atom. The lowest BCUT2D eigenvalue weighted by atomic mass is 10.2. The zero-order chi connectivity index (χ0) is 13.1. The van der Waals surface area contributed by atoms with E-state index in [2.05, 4.69) is 15.5 Å². The number of nitrogen functional groups attached to an aromatic ring is 1. The minimum absolute atomic E-state index is 0.190. The van der Waals surface area contributed by atoms with E-state index in [-0.39, 0.29) is 11.6 Å². The summed E-state index contributed by atoms with van der Waals surface area (Å²) < 4.78 is 5.07. The number of anilines is 2. The molecule has 0 saturated heterocycles. The van der Waals surface area contributed by atoms with E-state index in [9.17, 15) is 4.79 Å². The maximum Gasteiger partial charge on any atom is 0.278 e. The van der Waals surface area contributed by atoms with Crippen LogP contribution < -0.4 is 15.8 Å². The number of ether oxygens (including phenoxy) is 1. The minimum atomic E-state index is -0.356. The fourth-order valence-electron chi connectivity index (χ4n) is 1.50. The Morgan fingerprint density at radius 1 is 1.50 bits per heavy atom. The van der Waals surface area contributed by atoms with Gasteiger partial charge < -0.3 is 15.8 Å². The number of nitrogens with one attached hydrogen (secondary N) is 2. The van der Waals surface area contributed by atoms with Crippen molar-refractivity contribution in [2.45, 2.75) is 6.92 Å². The number of hydrogen-bond donors (Lipinski definition) is 3. The van der Waals surface area contributed by atoms with Gasteiger partial charge in [0.2, 0.25) is 0 Å². The second-order valence-electron chi connectivity index (χ2n) is 3.80. The van der Waals surface area contributed by atoms with Crippen LogP contribution in [-0.2, 0) is 0 Å². The molecule has 1 heterocycles. The smallest absolute Gasteiger partial charge is 0.278 e. The Bertz CT molecular complexity index is 577. The number of hydrogen-bond acceptors (Lipinski definition) is 4. The maximum absolute atomic E-state index is 11.9. The van der Waals surface area contributed by atoms with Crippen LogP contribution in [-0.4, -0.2) is 23.2 Å². The molecule has 2 rings (SSSR count). The fourth-order valence-corrected chi connectivity index (χ4v) is 1.50. The lowest BCUT2D eigenvalue weighted by molar-refractivity contribution is 0.102. The summed E-state index contributed by atoms with van der Waals surface area (Å²) in [5.41, 5.74) is 7.58. The molecular formula is C12H14N4O2. The van der Waals surface area contributed by atoms with Crippen LogP contribution in [0.3, 0.4) is 0 Å². The van der Waals surface area contributed by atoms with Crippen molar-refractivity contribution in [2.75, 3.05) is 18.2 Å². The van der Waals surface area contributed by atoms with Crippen LogP contribution in [0.1, 0.15) is 16.2 Å². The third-order valence-electron chi connectivity index (χ3n) is 2.54. The van der Waals surface area contributed by atoms with Crippen LogP contribution >= 0.6 is 0 Å². The van der Waals surface area contributed by atoms with Crippen LogP contribution in [0.2, 0.25) is 0 Å². The van der Waals surface area contributed by atoms with Crippen molar-refractivity contribution < 1.29 is 9.53 Å². The third kappa shape index (κ3) is 2.27. The molecule has 0 aliphatic carbocycles. The highest BCUT2D eigenvalue weighted by Gasteiger charge is 2.15. The van der Waals surface area contributed by atoms with E-state index in [4.69, 9.17) is 10.5 Å². The summed E-state index contributed by atoms with van der Waals surface area (Å²) in [6, 6.07) is 7.06. The van der Waals surface area contributed by atoms with Gasteiger partial charge in [-0.15, -0.1) is 0 Å². The Kier molecular flexibility index (Phi) is 3.18. The first-order valence-corrected chi connectivity index (χ1v) is 5.37. The van der Waals surface area contributed by atoms with Gasteiger partial charge in [0.05, 0.1) is 18.5 Å². The topological polar surface area (TPSA) is 93.0 Å². The molecule has 0 bridgehead atoms. The van der Waals surface area contributed by atoms with E-state index in [1.54, 1.807) is 38.3 Å².